The Bertz CT molecular complexity index is 1010. The molecule has 0 radical (unpaired) electrons. The Kier molecular flexibility index (Phi) is 5.69. The van der Waals surface area contributed by atoms with Crippen LogP contribution < -0.4 is 29.6 Å². The molecule has 0 spiro atoms. The summed E-state index contributed by atoms with van der Waals surface area (Å²) in [6.45, 7) is 0.667. The maximum Gasteiger partial charge on any atom is 0.229 e. The summed E-state index contributed by atoms with van der Waals surface area (Å²) in [6, 6.07) is 12.7. The van der Waals surface area contributed by atoms with Crippen LogP contribution in [0.25, 0.3) is 0 Å². The van der Waals surface area contributed by atoms with E-state index in [1.165, 1.54) is 0 Å². The predicted octanol–water partition coefficient (Wildman–Crippen LogP) is 3.63. The number of fused-ring (bicyclic) bond motifs is 1. The molecule has 2 heterocycles. The van der Waals surface area contributed by atoms with Gasteiger partial charge in [-0.1, -0.05) is 12.1 Å². The summed E-state index contributed by atoms with van der Waals surface area (Å²) in [5.41, 5.74) is 0.643. The van der Waals surface area contributed by atoms with E-state index in [1.807, 2.05) is 24.3 Å². The maximum absolute atomic E-state index is 14.2. The molecule has 0 saturated carbocycles. The van der Waals surface area contributed by atoms with E-state index in [0.29, 0.717) is 41.8 Å². The molecular weight excluding hydrogens is 391 g/mol. The fraction of sp³-hybridized carbons (Fsp3) is 0.238. The van der Waals surface area contributed by atoms with E-state index < -0.39 is 5.82 Å². The molecule has 1 aromatic heterocycles. The first kappa shape index (κ1) is 19.6. The first-order valence-electron chi connectivity index (χ1n) is 9.29. The van der Waals surface area contributed by atoms with Crippen molar-refractivity contribution in [3.8, 4) is 23.0 Å². The molecule has 0 saturated heterocycles. The fourth-order valence-corrected chi connectivity index (χ4v) is 2.93. The smallest absolute Gasteiger partial charge is 0.229 e. The van der Waals surface area contributed by atoms with Gasteiger partial charge in [-0.15, -0.1) is 0 Å². The molecule has 30 heavy (non-hydrogen) atoms. The minimum absolute atomic E-state index is 0.0600. The Hall–Kier alpha value is -3.75. The van der Waals surface area contributed by atoms with Gasteiger partial charge in [0.2, 0.25) is 5.95 Å². The minimum Gasteiger partial charge on any atom is -0.497 e. The van der Waals surface area contributed by atoms with E-state index in [9.17, 15) is 4.39 Å². The molecule has 0 bridgehead atoms. The fourth-order valence-electron chi connectivity index (χ4n) is 2.93. The average molecular weight is 412 g/mol. The van der Waals surface area contributed by atoms with Gasteiger partial charge < -0.3 is 29.6 Å². The summed E-state index contributed by atoms with van der Waals surface area (Å²) >= 11 is 0. The van der Waals surface area contributed by atoms with Crippen LogP contribution in [0, 0.1) is 5.82 Å². The zero-order valence-corrected chi connectivity index (χ0v) is 16.5. The Morgan fingerprint density at radius 3 is 2.57 bits per heavy atom. The van der Waals surface area contributed by atoms with Crippen LogP contribution >= 0.6 is 0 Å². The molecule has 1 atom stereocenters. The number of nitrogens with zero attached hydrogens (tertiary/aromatic N) is 2. The first-order chi connectivity index (χ1) is 14.6. The van der Waals surface area contributed by atoms with Gasteiger partial charge in [0.15, 0.2) is 23.1 Å². The normalized spacial score (nSPS) is 14.7. The molecule has 1 unspecified atom stereocenters. The Labute approximate surface area is 173 Å². The number of hydrogen-bond acceptors (Lipinski definition) is 8. The van der Waals surface area contributed by atoms with Crippen molar-refractivity contribution in [3.63, 3.8) is 0 Å². The number of rotatable bonds is 7. The van der Waals surface area contributed by atoms with Gasteiger partial charge in [0.1, 0.15) is 24.2 Å². The molecule has 156 valence electrons. The zero-order valence-electron chi connectivity index (χ0n) is 16.5. The zero-order chi connectivity index (χ0) is 20.9. The van der Waals surface area contributed by atoms with Crippen molar-refractivity contribution >= 4 is 17.5 Å². The molecule has 8 nitrogen and oxygen atoms in total. The van der Waals surface area contributed by atoms with Crippen molar-refractivity contribution in [2.45, 2.75) is 6.10 Å². The van der Waals surface area contributed by atoms with Crippen LogP contribution in [0.3, 0.4) is 0 Å². The third-order valence-corrected chi connectivity index (χ3v) is 4.42. The number of para-hydroxylation sites is 2. The van der Waals surface area contributed by atoms with E-state index in [4.69, 9.17) is 18.9 Å². The van der Waals surface area contributed by atoms with Gasteiger partial charge in [-0.05, 0) is 12.1 Å². The average Bonchev–Trinajstić information content (AvgIpc) is 2.79. The third-order valence-electron chi connectivity index (χ3n) is 4.42. The largest absolute Gasteiger partial charge is 0.497 e. The molecular formula is C21H21FN4O4. The molecule has 2 aromatic carbocycles. The van der Waals surface area contributed by atoms with Crippen molar-refractivity contribution in [3.05, 3.63) is 54.5 Å². The number of methoxy groups -OCH3 is 2. The van der Waals surface area contributed by atoms with Crippen LogP contribution in [0.4, 0.5) is 21.8 Å². The van der Waals surface area contributed by atoms with E-state index in [-0.39, 0.29) is 17.9 Å². The van der Waals surface area contributed by atoms with E-state index in [0.717, 1.165) is 6.20 Å². The van der Waals surface area contributed by atoms with Crippen LogP contribution in [0.15, 0.2) is 48.7 Å². The highest BCUT2D eigenvalue weighted by Crippen LogP contribution is 2.31. The van der Waals surface area contributed by atoms with Crippen LogP contribution in [-0.4, -0.2) is 43.4 Å². The molecule has 1 aliphatic heterocycles. The Morgan fingerprint density at radius 2 is 1.83 bits per heavy atom. The van der Waals surface area contributed by atoms with Gasteiger partial charge >= 0.3 is 0 Å². The second-order valence-electron chi connectivity index (χ2n) is 6.49. The van der Waals surface area contributed by atoms with Crippen LogP contribution in [0.2, 0.25) is 0 Å². The topological polar surface area (TPSA) is 86.8 Å². The quantitative estimate of drug-likeness (QED) is 0.609. The Balaban J connectivity index is 1.44. The van der Waals surface area contributed by atoms with Crippen LogP contribution in [0.1, 0.15) is 0 Å². The summed E-state index contributed by atoms with van der Waals surface area (Å²) in [5, 5.41) is 5.99. The van der Waals surface area contributed by atoms with Crippen LogP contribution in [-0.2, 0) is 0 Å². The molecule has 3 aromatic rings. The molecule has 0 fully saturated rings. The molecule has 9 heteroatoms. The number of benzene rings is 2. The molecule has 0 aliphatic carbocycles. The van der Waals surface area contributed by atoms with E-state index in [1.54, 1.807) is 32.4 Å². The molecule has 0 amide bonds. The molecule has 4 rings (SSSR count). The summed E-state index contributed by atoms with van der Waals surface area (Å²) in [4.78, 5) is 8.22. The van der Waals surface area contributed by atoms with Gasteiger partial charge in [0.25, 0.3) is 0 Å². The lowest BCUT2D eigenvalue weighted by Crippen LogP contribution is -2.35. The Morgan fingerprint density at radius 1 is 1.10 bits per heavy atom. The van der Waals surface area contributed by atoms with Crippen molar-refractivity contribution in [1.29, 1.82) is 0 Å². The third kappa shape index (κ3) is 4.45. The highest BCUT2D eigenvalue weighted by Gasteiger charge is 2.21. The monoisotopic (exact) mass is 412 g/mol. The predicted molar refractivity (Wildman–Crippen MR) is 110 cm³/mol. The number of hydrogen-bond donors (Lipinski definition) is 2. The molecule has 2 N–H and O–H groups in total. The SMILES string of the molecule is COc1cc(Nc2ncc(F)c(NCC3COc4ccccc4O3)n2)cc(OC)c1. The lowest BCUT2D eigenvalue weighted by atomic mass is 10.2. The van der Waals surface area contributed by atoms with Crippen molar-refractivity contribution in [2.75, 3.05) is 38.0 Å². The number of halogens is 1. The lowest BCUT2D eigenvalue weighted by molar-refractivity contribution is 0.0996. The summed E-state index contributed by atoms with van der Waals surface area (Å²) < 4.78 is 36.3. The minimum atomic E-state index is -0.569. The van der Waals surface area contributed by atoms with Gasteiger partial charge in [0.05, 0.1) is 27.0 Å². The van der Waals surface area contributed by atoms with Gasteiger partial charge in [-0.2, -0.15) is 4.98 Å². The highest BCUT2D eigenvalue weighted by atomic mass is 19.1. The maximum atomic E-state index is 14.2. The van der Waals surface area contributed by atoms with Crippen molar-refractivity contribution < 1.29 is 23.3 Å². The van der Waals surface area contributed by atoms with Crippen LogP contribution in [0.5, 0.6) is 23.0 Å². The van der Waals surface area contributed by atoms with Crippen molar-refractivity contribution in [1.82, 2.24) is 9.97 Å². The number of ether oxygens (including phenoxy) is 4. The summed E-state index contributed by atoms with van der Waals surface area (Å²) in [5.74, 6) is 2.28. The highest BCUT2D eigenvalue weighted by molar-refractivity contribution is 5.60. The van der Waals surface area contributed by atoms with Gasteiger partial charge in [-0.25, -0.2) is 9.37 Å². The van der Waals surface area contributed by atoms with Crippen molar-refractivity contribution in [2.24, 2.45) is 0 Å². The van der Waals surface area contributed by atoms with Gasteiger partial charge in [-0.3, -0.25) is 0 Å². The summed E-state index contributed by atoms with van der Waals surface area (Å²) in [7, 11) is 3.12. The molecule has 1 aliphatic rings. The number of nitrogens with one attached hydrogen (secondary N) is 2. The number of anilines is 3. The standard InChI is InChI=1S/C21H21FN4O4/c1-27-14-7-13(8-15(9-14)28-2)25-21-24-11-17(22)20(26-21)23-10-16-12-29-18-5-3-4-6-19(18)30-16/h3-9,11,16H,10,12H2,1-2H3,(H2,23,24,25,26). The lowest BCUT2D eigenvalue weighted by Gasteiger charge is -2.26. The van der Waals surface area contributed by atoms with E-state index >= 15 is 0 Å². The van der Waals surface area contributed by atoms with E-state index in [2.05, 4.69) is 20.6 Å². The van der Waals surface area contributed by atoms with Gasteiger partial charge in [0, 0.05) is 23.9 Å². The second-order valence-corrected chi connectivity index (χ2v) is 6.49. The first-order valence-corrected chi connectivity index (χ1v) is 9.29. The number of aromatic nitrogens is 2. The summed E-state index contributed by atoms with van der Waals surface area (Å²) in [6.07, 6.45) is 0.816. The second kappa shape index (κ2) is 8.73.